The van der Waals surface area contributed by atoms with Crippen molar-refractivity contribution in [1.82, 2.24) is 0 Å². The standard InChI is InChI=1S/C16H24O3/c1-11-7-12(2)16(15(17)8-11)19-14-6-4-5-13(9-14)10-18-3/h4-6,9,11-12,15-17H,7-8,10H2,1-3H3. The molecule has 1 saturated carbocycles. The molecule has 0 saturated heterocycles. The molecule has 0 bridgehead atoms. The first kappa shape index (κ1) is 14.4. The first-order valence-electron chi connectivity index (χ1n) is 7.02. The molecule has 1 N–H and O–H groups in total. The van der Waals surface area contributed by atoms with Gasteiger partial charge in [-0.05, 0) is 42.4 Å². The van der Waals surface area contributed by atoms with E-state index in [0.29, 0.717) is 18.4 Å². The van der Waals surface area contributed by atoms with Crippen molar-refractivity contribution in [2.75, 3.05) is 7.11 Å². The minimum absolute atomic E-state index is 0.103. The minimum Gasteiger partial charge on any atom is -0.487 e. The van der Waals surface area contributed by atoms with Crippen molar-refractivity contribution in [3.8, 4) is 5.75 Å². The van der Waals surface area contributed by atoms with Gasteiger partial charge in [-0.1, -0.05) is 26.0 Å². The van der Waals surface area contributed by atoms with E-state index in [9.17, 15) is 5.11 Å². The molecule has 4 unspecified atom stereocenters. The zero-order valence-electron chi connectivity index (χ0n) is 12.0. The van der Waals surface area contributed by atoms with Crippen LogP contribution in [-0.2, 0) is 11.3 Å². The fourth-order valence-corrected chi connectivity index (χ4v) is 3.02. The summed E-state index contributed by atoms with van der Waals surface area (Å²) in [6.45, 7) is 4.93. The van der Waals surface area contributed by atoms with Gasteiger partial charge in [-0.25, -0.2) is 0 Å². The molecule has 0 amide bonds. The molecule has 1 fully saturated rings. The molecular formula is C16H24O3. The molecule has 19 heavy (non-hydrogen) atoms. The highest BCUT2D eigenvalue weighted by Gasteiger charge is 2.34. The van der Waals surface area contributed by atoms with E-state index >= 15 is 0 Å². The Morgan fingerprint density at radius 1 is 1.26 bits per heavy atom. The van der Waals surface area contributed by atoms with Crippen LogP contribution in [0.1, 0.15) is 32.3 Å². The number of rotatable bonds is 4. The van der Waals surface area contributed by atoms with Crippen molar-refractivity contribution in [3.05, 3.63) is 29.8 Å². The molecule has 4 atom stereocenters. The summed E-state index contributed by atoms with van der Waals surface area (Å²) in [7, 11) is 1.68. The molecule has 1 aromatic rings. The molecule has 0 radical (unpaired) electrons. The Kier molecular flexibility index (Phi) is 4.83. The summed E-state index contributed by atoms with van der Waals surface area (Å²) in [6, 6.07) is 7.91. The topological polar surface area (TPSA) is 38.7 Å². The van der Waals surface area contributed by atoms with E-state index in [2.05, 4.69) is 13.8 Å². The number of hydrogen-bond donors (Lipinski definition) is 1. The maximum absolute atomic E-state index is 10.2. The summed E-state index contributed by atoms with van der Waals surface area (Å²) in [4.78, 5) is 0. The molecule has 0 aromatic heterocycles. The Balaban J connectivity index is 2.05. The monoisotopic (exact) mass is 264 g/mol. The van der Waals surface area contributed by atoms with Gasteiger partial charge in [-0.3, -0.25) is 0 Å². The van der Waals surface area contributed by atoms with Crippen LogP contribution in [0.4, 0.5) is 0 Å². The van der Waals surface area contributed by atoms with Crippen molar-refractivity contribution in [2.24, 2.45) is 11.8 Å². The number of hydrogen-bond acceptors (Lipinski definition) is 3. The number of aliphatic hydroxyl groups excluding tert-OH is 1. The molecule has 1 aliphatic carbocycles. The average Bonchev–Trinajstić information content (AvgIpc) is 2.35. The number of ether oxygens (including phenoxy) is 2. The molecule has 3 heteroatoms. The maximum Gasteiger partial charge on any atom is 0.127 e. The van der Waals surface area contributed by atoms with Crippen LogP contribution in [0.3, 0.4) is 0 Å². The summed E-state index contributed by atoms with van der Waals surface area (Å²) in [5.74, 6) is 1.77. The minimum atomic E-state index is -0.371. The van der Waals surface area contributed by atoms with E-state index in [1.54, 1.807) is 7.11 Å². The quantitative estimate of drug-likeness (QED) is 0.908. The SMILES string of the molecule is COCc1cccc(OC2C(C)CC(C)CC2O)c1. The second-order valence-corrected chi connectivity index (χ2v) is 5.78. The summed E-state index contributed by atoms with van der Waals surface area (Å²) >= 11 is 0. The third-order valence-corrected chi connectivity index (χ3v) is 3.84. The highest BCUT2D eigenvalue weighted by atomic mass is 16.5. The Hall–Kier alpha value is -1.06. The fraction of sp³-hybridized carbons (Fsp3) is 0.625. The Labute approximate surface area is 115 Å². The number of benzene rings is 1. The maximum atomic E-state index is 10.2. The van der Waals surface area contributed by atoms with E-state index in [1.807, 2.05) is 24.3 Å². The predicted molar refractivity (Wildman–Crippen MR) is 75.1 cm³/mol. The zero-order valence-corrected chi connectivity index (χ0v) is 12.0. The number of methoxy groups -OCH3 is 1. The van der Waals surface area contributed by atoms with Crippen LogP contribution in [-0.4, -0.2) is 24.4 Å². The Morgan fingerprint density at radius 3 is 2.74 bits per heavy atom. The van der Waals surface area contributed by atoms with Crippen molar-refractivity contribution in [2.45, 2.75) is 45.5 Å². The molecule has 3 nitrogen and oxygen atoms in total. The lowest BCUT2D eigenvalue weighted by molar-refractivity contribution is -0.0389. The highest BCUT2D eigenvalue weighted by Crippen LogP contribution is 2.32. The fourth-order valence-electron chi connectivity index (χ4n) is 3.02. The van der Waals surface area contributed by atoms with Crippen LogP contribution < -0.4 is 4.74 Å². The Morgan fingerprint density at radius 2 is 2.05 bits per heavy atom. The molecule has 1 aromatic carbocycles. The highest BCUT2D eigenvalue weighted by molar-refractivity contribution is 5.28. The van der Waals surface area contributed by atoms with Gasteiger partial charge in [0.2, 0.25) is 0 Å². The van der Waals surface area contributed by atoms with Crippen LogP contribution in [0.15, 0.2) is 24.3 Å². The van der Waals surface area contributed by atoms with Gasteiger partial charge in [-0.2, -0.15) is 0 Å². The van der Waals surface area contributed by atoms with Gasteiger partial charge in [0, 0.05) is 7.11 Å². The van der Waals surface area contributed by atoms with Crippen molar-refractivity contribution in [1.29, 1.82) is 0 Å². The lowest BCUT2D eigenvalue weighted by Crippen LogP contribution is -2.43. The van der Waals surface area contributed by atoms with Gasteiger partial charge in [0.25, 0.3) is 0 Å². The van der Waals surface area contributed by atoms with Crippen molar-refractivity contribution >= 4 is 0 Å². The molecule has 2 rings (SSSR count). The van der Waals surface area contributed by atoms with Gasteiger partial charge >= 0.3 is 0 Å². The van der Waals surface area contributed by atoms with E-state index in [1.165, 1.54) is 0 Å². The van der Waals surface area contributed by atoms with Crippen LogP contribution in [0, 0.1) is 11.8 Å². The molecule has 0 heterocycles. The molecular weight excluding hydrogens is 240 g/mol. The smallest absolute Gasteiger partial charge is 0.127 e. The second-order valence-electron chi connectivity index (χ2n) is 5.78. The van der Waals surface area contributed by atoms with E-state index in [0.717, 1.165) is 24.2 Å². The van der Waals surface area contributed by atoms with E-state index in [-0.39, 0.29) is 12.2 Å². The lowest BCUT2D eigenvalue weighted by Gasteiger charge is -2.36. The number of aliphatic hydroxyl groups is 1. The van der Waals surface area contributed by atoms with E-state index in [4.69, 9.17) is 9.47 Å². The summed E-state index contributed by atoms with van der Waals surface area (Å²) in [6.07, 6.45) is 1.46. The van der Waals surface area contributed by atoms with Gasteiger partial charge in [0.1, 0.15) is 11.9 Å². The van der Waals surface area contributed by atoms with Crippen LogP contribution in [0.25, 0.3) is 0 Å². The second kappa shape index (κ2) is 6.40. The first-order valence-corrected chi connectivity index (χ1v) is 7.02. The van der Waals surface area contributed by atoms with Crippen molar-refractivity contribution < 1.29 is 14.6 Å². The third kappa shape index (κ3) is 3.71. The first-order chi connectivity index (χ1) is 9.10. The zero-order chi connectivity index (χ0) is 13.8. The molecule has 1 aliphatic rings. The predicted octanol–water partition coefficient (Wildman–Crippen LogP) is 3.01. The molecule has 0 spiro atoms. The van der Waals surface area contributed by atoms with Gasteiger partial charge in [0.15, 0.2) is 0 Å². The average molecular weight is 264 g/mol. The van der Waals surface area contributed by atoms with Gasteiger partial charge in [0.05, 0.1) is 12.7 Å². The van der Waals surface area contributed by atoms with E-state index < -0.39 is 0 Å². The molecule has 0 aliphatic heterocycles. The third-order valence-electron chi connectivity index (χ3n) is 3.84. The van der Waals surface area contributed by atoms with Gasteiger partial charge in [-0.15, -0.1) is 0 Å². The van der Waals surface area contributed by atoms with Crippen LogP contribution in [0.5, 0.6) is 5.75 Å². The van der Waals surface area contributed by atoms with Crippen molar-refractivity contribution in [3.63, 3.8) is 0 Å². The Bertz CT molecular complexity index is 393. The molecule has 106 valence electrons. The van der Waals surface area contributed by atoms with Gasteiger partial charge < -0.3 is 14.6 Å². The largest absolute Gasteiger partial charge is 0.487 e. The summed E-state index contributed by atoms with van der Waals surface area (Å²) in [5.41, 5.74) is 1.09. The lowest BCUT2D eigenvalue weighted by atomic mass is 9.79. The van der Waals surface area contributed by atoms with Crippen LogP contribution in [0.2, 0.25) is 0 Å². The normalized spacial score (nSPS) is 31.2. The summed E-state index contributed by atoms with van der Waals surface area (Å²) < 4.78 is 11.1. The summed E-state index contributed by atoms with van der Waals surface area (Å²) in [5, 5.41) is 10.2. The van der Waals surface area contributed by atoms with Crippen LogP contribution >= 0.6 is 0 Å².